The van der Waals surface area contributed by atoms with Gasteiger partial charge in [-0.25, -0.2) is 4.99 Å². The van der Waals surface area contributed by atoms with Crippen molar-refractivity contribution in [3.63, 3.8) is 0 Å². The minimum Gasteiger partial charge on any atom is -0.300 e. The molecule has 126 valence electrons. The minimum absolute atomic E-state index is 0.0996. The van der Waals surface area contributed by atoms with Gasteiger partial charge in [-0.3, -0.25) is 14.9 Å². The fraction of sp³-hybridized carbons (Fsp3) is 0.111. The maximum absolute atomic E-state index is 12.1. The van der Waals surface area contributed by atoms with Crippen molar-refractivity contribution in [3.05, 3.63) is 74.7 Å². The Morgan fingerprint density at radius 2 is 1.92 bits per heavy atom. The molecule has 0 aliphatic carbocycles. The smallest absolute Gasteiger partial charge is 0.294 e. The lowest BCUT2D eigenvalue weighted by molar-refractivity contribution is -0.384. The number of nitro groups is 1. The molecule has 1 aliphatic rings. The SMILES string of the molecule is CCc1ccc(/C=C2\SC(=Nc3ccccc3[N+](=O)[O-])NC2=O)cc1. The Morgan fingerprint density at radius 1 is 1.20 bits per heavy atom. The number of benzene rings is 2. The number of hydrogen-bond acceptors (Lipinski definition) is 5. The van der Waals surface area contributed by atoms with Crippen LogP contribution in [0.3, 0.4) is 0 Å². The molecule has 0 aromatic heterocycles. The quantitative estimate of drug-likeness (QED) is 0.510. The van der Waals surface area contributed by atoms with Gasteiger partial charge in [0.2, 0.25) is 0 Å². The van der Waals surface area contributed by atoms with Crippen molar-refractivity contribution in [2.45, 2.75) is 13.3 Å². The summed E-state index contributed by atoms with van der Waals surface area (Å²) >= 11 is 1.17. The van der Waals surface area contributed by atoms with E-state index in [-0.39, 0.29) is 17.3 Å². The Labute approximate surface area is 148 Å². The van der Waals surface area contributed by atoms with E-state index >= 15 is 0 Å². The molecule has 1 N–H and O–H groups in total. The second-order valence-electron chi connectivity index (χ2n) is 5.32. The Kier molecular flexibility index (Phi) is 4.95. The number of para-hydroxylation sites is 2. The van der Waals surface area contributed by atoms with Crippen LogP contribution in [0.4, 0.5) is 11.4 Å². The molecule has 1 saturated heterocycles. The molecule has 0 radical (unpaired) electrons. The number of carbonyl (C=O) groups excluding carboxylic acids is 1. The Balaban J connectivity index is 1.85. The van der Waals surface area contributed by atoms with Crippen molar-refractivity contribution in [1.29, 1.82) is 0 Å². The molecule has 25 heavy (non-hydrogen) atoms. The normalized spacial score (nSPS) is 17.1. The molecule has 0 saturated carbocycles. The van der Waals surface area contributed by atoms with Crippen molar-refractivity contribution in [2.75, 3.05) is 0 Å². The highest BCUT2D eigenvalue weighted by atomic mass is 32.2. The number of nitro benzene ring substituents is 1. The first-order chi connectivity index (χ1) is 12.1. The molecule has 3 rings (SSSR count). The summed E-state index contributed by atoms with van der Waals surface area (Å²) in [4.78, 5) is 27.4. The van der Waals surface area contributed by atoms with Crippen LogP contribution in [0.25, 0.3) is 6.08 Å². The zero-order valence-corrected chi connectivity index (χ0v) is 14.2. The second kappa shape index (κ2) is 7.31. The number of thioether (sulfide) groups is 1. The highest BCUT2D eigenvalue weighted by molar-refractivity contribution is 8.18. The molecular formula is C18H15N3O3S. The van der Waals surface area contributed by atoms with Crippen LogP contribution in [0.15, 0.2) is 58.4 Å². The number of carbonyl (C=O) groups is 1. The predicted molar refractivity (Wildman–Crippen MR) is 99.7 cm³/mol. The molecular weight excluding hydrogens is 338 g/mol. The monoisotopic (exact) mass is 353 g/mol. The number of aliphatic imine (C=N–C) groups is 1. The van der Waals surface area contributed by atoms with E-state index in [4.69, 9.17) is 0 Å². The third kappa shape index (κ3) is 3.95. The van der Waals surface area contributed by atoms with Crippen LogP contribution in [0.5, 0.6) is 0 Å². The van der Waals surface area contributed by atoms with Crippen molar-refractivity contribution >= 4 is 40.3 Å². The largest absolute Gasteiger partial charge is 0.300 e. The maximum Gasteiger partial charge on any atom is 0.294 e. The maximum atomic E-state index is 12.1. The predicted octanol–water partition coefficient (Wildman–Crippen LogP) is 4.05. The molecule has 0 spiro atoms. The average molecular weight is 353 g/mol. The number of nitrogens with zero attached hydrogens (tertiary/aromatic N) is 2. The number of amides is 1. The molecule has 6 nitrogen and oxygen atoms in total. The molecule has 0 unspecified atom stereocenters. The van der Waals surface area contributed by atoms with Gasteiger partial charge in [-0.15, -0.1) is 0 Å². The van der Waals surface area contributed by atoms with E-state index in [2.05, 4.69) is 17.2 Å². The van der Waals surface area contributed by atoms with Crippen LogP contribution in [0.2, 0.25) is 0 Å². The van der Waals surface area contributed by atoms with Gasteiger partial charge < -0.3 is 5.32 Å². The van der Waals surface area contributed by atoms with E-state index < -0.39 is 4.92 Å². The van der Waals surface area contributed by atoms with Crippen molar-refractivity contribution in [2.24, 2.45) is 4.99 Å². The van der Waals surface area contributed by atoms with Crippen LogP contribution in [-0.4, -0.2) is 16.0 Å². The highest BCUT2D eigenvalue weighted by Gasteiger charge is 2.25. The summed E-state index contributed by atoms with van der Waals surface area (Å²) in [7, 11) is 0. The van der Waals surface area contributed by atoms with Crippen LogP contribution < -0.4 is 5.32 Å². The molecule has 2 aromatic rings. The number of aryl methyl sites for hydroxylation is 1. The molecule has 1 amide bonds. The molecule has 1 fully saturated rings. The summed E-state index contributed by atoms with van der Waals surface area (Å²) in [5.74, 6) is -0.262. The topological polar surface area (TPSA) is 84.6 Å². The lowest BCUT2D eigenvalue weighted by Gasteiger charge is -1.98. The van der Waals surface area contributed by atoms with Crippen LogP contribution in [-0.2, 0) is 11.2 Å². The van der Waals surface area contributed by atoms with Gasteiger partial charge in [-0.1, -0.05) is 43.3 Å². The number of hydrogen-bond donors (Lipinski definition) is 1. The molecule has 0 atom stereocenters. The first-order valence-corrected chi connectivity index (χ1v) is 8.50. The summed E-state index contributed by atoms with van der Waals surface area (Å²) in [6.07, 6.45) is 2.74. The molecule has 7 heteroatoms. The molecule has 2 aromatic carbocycles. The van der Waals surface area contributed by atoms with E-state index in [0.717, 1.165) is 12.0 Å². The zero-order chi connectivity index (χ0) is 17.8. The number of amidine groups is 1. The summed E-state index contributed by atoms with van der Waals surface area (Å²) in [5, 5.41) is 14.0. The van der Waals surface area contributed by atoms with E-state index in [1.165, 1.54) is 23.4 Å². The first kappa shape index (κ1) is 16.9. The van der Waals surface area contributed by atoms with Gasteiger partial charge in [0.05, 0.1) is 9.83 Å². The third-order valence-electron chi connectivity index (χ3n) is 3.64. The van der Waals surface area contributed by atoms with Gasteiger partial charge >= 0.3 is 0 Å². The van der Waals surface area contributed by atoms with Crippen LogP contribution in [0.1, 0.15) is 18.1 Å². The average Bonchev–Trinajstić information content (AvgIpc) is 2.95. The highest BCUT2D eigenvalue weighted by Crippen LogP contribution is 2.31. The Bertz CT molecular complexity index is 889. The second-order valence-corrected chi connectivity index (χ2v) is 6.35. The van der Waals surface area contributed by atoms with Gasteiger partial charge in [0.25, 0.3) is 11.6 Å². The summed E-state index contributed by atoms with van der Waals surface area (Å²) in [6.45, 7) is 2.08. The summed E-state index contributed by atoms with van der Waals surface area (Å²) < 4.78 is 0. The summed E-state index contributed by atoms with van der Waals surface area (Å²) in [6, 6.07) is 14.1. The number of rotatable bonds is 4. The molecule has 1 aliphatic heterocycles. The van der Waals surface area contributed by atoms with Gasteiger partial charge in [-0.05, 0) is 41.5 Å². The van der Waals surface area contributed by atoms with E-state index in [1.807, 2.05) is 24.3 Å². The lowest BCUT2D eigenvalue weighted by atomic mass is 10.1. The summed E-state index contributed by atoms with van der Waals surface area (Å²) in [5.41, 5.74) is 2.26. The Morgan fingerprint density at radius 3 is 2.60 bits per heavy atom. The van der Waals surface area contributed by atoms with Crippen molar-refractivity contribution < 1.29 is 9.72 Å². The number of nitrogens with one attached hydrogen (secondary N) is 1. The van der Waals surface area contributed by atoms with E-state index in [1.54, 1.807) is 24.3 Å². The fourth-order valence-electron chi connectivity index (χ4n) is 2.30. The molecule has 1 heterocycles. The van der Waals surface area contributed by atoms with Gasteiger partial charge in [-0.2, -0.15) is 0 Å². The Hall–Kier alpha value is -2.93. The van der Waals surface area contributed by atoms with Gasteiger partial charge in [0.1, 0.15) is 5.69 Å². The van der Waals surface area contributed by atoms with E-state index in [0.29, 0.717) is 10.1 Å². The van der Waals surface area contributed by atoms with Crippen molar-refractivity contribution in [1.82, 2.24) is 5.32 Å². The van der Waals surface area contributed by atoms with E-state index in [9.17, 15) is 14.9 Å². The van der Waals surface area contributed by atoms with Crippen LogP contribution in [0, 0.1) is 10.1 Å². The van der Waals surface area contributed by atoms with Gasteiger partial charge in [0, 0.05) is 6.07 Å². The van der Waals surface area contributed by atoms with Gasteiger partial charge in [0.15, 0.2) is 5.17 Å². The zero-order valence-electron chi connectivity index (χ0n) is 13.4. The standard InChI is InChI=1S/C18H15N3O3S/c1-2-12-7-9-13(10-8-12)11-16-17(22)20-18(25-16)19-14-5-3-4-6-15(14)21(23)24/h3-11H,2H2,1H3,(H,19,20,22)/b16-11-. The minimum atomic E-state index is -0.493. The third-order valence-corrected chi connectivity index (χ3v) is 4.55. The van der Waals surface area contributed by atoms with Crippen molar-refractivity contribution in [3.8, 4) is 0 Å². The molecule has 0 bridgehead atoms. The lowest BCUT2D eigenvalue weighted by Crippen LogP contribution is -2.19. The fourth-order valence-corrected chi connectivity index (χ4v) is 3.14. The first-order valence-electron chi connectivity index (χ1n) is 7.69. The van der Waals surface area contributed by atoms with Crippen LogP contribution >= 0.6 is 11.8 Å².